The fraction of sp³-hybridized carbons (Fsp3) is 0.533. The predicted octanol–water partition coefficient (Wildman–Crippen LogP) is 1.45. The summed E-state index contributed by atoms with van der Waals surface area (Å²) in [5.41, 5.74) is -1.51. The number of sulfonamides is 1. The second-order valence-electron chi connectivity index (χ2n) is 5.81. The molecule has 0 amide bonds. The fourth-order valence-corrected chi connectivity index (χ4v) is 4.54. The van der Waals surface area contributed by atoms with Crippen LogP contribution in [0.25, 0.3) is 0 Å². The molecule has 0 radical (unpaired) electrons. The van der Waals surface area contributed by atoms with Crippen molar-refractivity contribution in [1.29, 1.82) is 0 Å². The highest BCUT2D eigenvalue weighted by Gasteiger charge is 2.50. The minimum atomic E-state index is -3.93. The highest BCUT2D eigenvalue weighted by molar-refractivity contribution is 7.89. The predicted molar refractivity (Wildman–Crippen MR) is 80.8 cm³/mol. The van der Waals surface area contributed by atoms with Crippen LogP contribution in [0.15, 0.2) is 29.2 Å². The quantitative estimate of drug-likeness (QED) is 0.842. The number of aliphatic hydroxyl groups excluding tert-OH is 1. The van der Waals surface area contributed by atoms with Crippen molar-refractivity contribution in [1.82, 2.24) is 4.31 Å². The topological polar surface area (TPSA) is 94.9 Å². The van der Waals surface area contributed by atoms with E-state index in [1.54, 1.807) is 6.92 Å². The molecule has 2 atom stereocenters. The molecule has 0 bridgehead atoms. The number of carbonyl (C=O) groups is 1. The minimum Gasteiger partial charge on any atom is -0.481 e. The lowest BCUT2D eigenvalue weighted by atomic mass is 9.74. The van der Waals surface area contributed by atoms with Gasteiger partial charge in [0, 0.05) is 13.1 Å². The fourth-order valence-electron chi connectivity index (χ4n) is 3.01. The van der Waals surface area contributed by atoms with E-state index >= 15 is 0 Å². The summed E-state index contributed by atoms with van der Waals surface area (Å²) in [6.07, 6.45) is -0.362. The van der Waals surface area contributed by atoms with Crippen LogP contribution in [-0.4, -0.2) is 48.1 Å². The monoisotopic (exact) mass is 345 g/mol. The standard InChI is InChI=1S/C15H20FNO5S/c1-2-8-15(14(19)20)10-17(9-7-13(15)18)23(21,22)12-5-3-11(16)4-6-12/h3-6,13,18H,2,7-10H2,1H3,(H,19,20)/t13-,15+/m1/s1. The molecule has 1 saturated heterocycles. The van der Waals surface area contributed by atoms with Gasteiger partial charge in [-0.25, -0.2) is 12.8 Å². The molecule has 8 heteroatoms. The first-order chi connectivity index (χ1) is 10.7. The molecule has 1 aliphatic heterocycles. The normalized spacial score (nSPS) is 26.1. The van der Waals surface area contributed by atoms with Gasteiger partial charge in [0.05, 0.1) is 11.0 Å². The summed E-state index contributed by atoms with van der Waals surface area (Å²) in [7, 11) is -3.93. The van der Waals surface area contributed by atoms with Crippen LogP contribution in [0.1, 0.15) is 26.2 Å². The van der Waals surface area contributed by atoms with Gasteiger partial charge >= 0.3 is 5.97 Å². The lowest BCUT2D eigenvalue weighted by Crippen LogP contribution is -2.57. The zero-order chi connectivity index (χ0) is 17.3. The number of aliphatic carboxylic acids is 1. The number of carboxylic acids is 1. The van der Waals surface area contributed by atoms with Gasteiger partial charge in [-0.15, -0.1) is 0 Å². The smallest absolute Gasteiger partial charge is 0.313 e. The Morgan fingerprint density at radius 3 is 2.52 bits per heavy atom. The van der Waals surface area contributed by atoms with Gasteiger partial charge < -0.3 is 10.2 Å². The van der Waals surface area contributed by atoms with Crippen LogP contribution >= 0.6 is 0 Å². The Morgan fingerprint density at radius 2 is 2.00 bits per heavy atom. The Labute approximate surface area is 134 Å². The maximum absolute atomic E-state index is 13.0. The van der Waals surface area contributed by atoms with E-state index in [0.717, 1.165) is 28.6 Å². The van der Waals surface area contributed by atoms with Crippen molar-refractivity contribution in [2.24, 2.45) is 5.41 Å². The Hall–Kier alpha value is -1.51. The molecule has 2 N–H and O–H groups in total. The highest BCUT2D eigenvalue weighted by atomic mass is 32.2. The first kappa shape index (κ1) is 17.8. The van der Waals surface area contributed by atoms with Crippen molar-refractivity contribution in [3.05, 3.63) is 30.1 Å². The van der Waals surface area contributed by atoms with Crippen molar-refractivity contribution < 1.29 is 27.8 Å². The molecule has 1 heterocycles. The highest BCUT2D eigenvalue weighted by Crippen LogP contribution is 2.37. The van der Waals surface area contributed by atoms with E-state index < -0.39 is 33.3 Å². The largest absolute Gasteiger partial charge is 0.481 e. The third-order valence-corrected chi connectivity index (χ3v) is 6.18. The van der Waals surface area contributed by atoms with Crippen molar-refractivity contribution >= 4 is 16.0 Å². The number of aliphatic hydroxyl groups is 1. The van der Waals surface area contributed by atoms with Crippen LogP contribution in [0.5, 0.6) is 0 Å². The van der Waals surface area contributed by atoms with Crippen molar-refractivity contribution in [2.75, 3.05) is 13.1 Å². The second kappa shape index (κ2) is 6.54. The van der Waals surface area contributed by atoms with Crippen molar-refractivity contribution in [3.63, 3.8) is 0 Å². The molecular formula is C15H20FNO5S. The van der Waals surface area contributed by atoms with E-state index in [1.165, 1.54) is 0 Å². The van der Waals surface area contributed by atoms with Gasteiger partial charge in [0.15, 0.2) is 0 Å². The molecule has 0 unspecified atom stereocenters. The summed E-state index contributed by atoms with van der Waals surface area (Å²) in [4.78, 5) is 11.6. The Balaban J connectivity index is 2.36. The zero-order valence-electron chi connectivity index (χ0n) is 12.8. The van der Waals surface area contributed by atoms with E-state index in [-0.39, 0.29) is 30.8 Å². The number of piperidine rings is 1. The average Bonchev–Trinajstić information content (AvgIpc) is 2.49. The van der Waals surface area contributed by atoms with E-state index in [9.17, 15) is 27.8 Å². The summed E-state index contributed by atoms with van der Waals surface area (Å²) in [6.45, 7) is 1.52. The summed E-state index contributed by atoms with van der Waals surface area (Å²) < 4.78 is 39.3. The number of benzene rings is 1. The number of carboxylic acid groups (broad SMARTS) is 1. The molecule has 1 fully saturated rings. The van der Waals surface area contributed by atoms with Gasteiger partial charge in [-0.05, 0) is 37.1 Å². The lowest BCUT2D eigenvalue weighted by molar-refractivity contribution is -0.161. The number of hydrogen-bond donors (Lipinski definition) is 2. The Morgan fingerprint density at radius 1 is 1.39 bits per heavy atom. The zero-order valence-corrected chi connectivity index (χ0v) is 13.6. The van der Waals surface area contributed by atoms with Crippen LogP contribution in [0.4, 0.5) is 4.39 Å². The third-order valence-electron chi connectivity index (χ3n) is 4.32. The van der Waals surface area contributed by atoms with Crippen LogP contribution in [0.3, 0.4) is 0 Å². The summed E-state index contributed by atoms with van der Waals surface area (Å²) in [5.74, 6) is -1.75. The minimum absolute atomic E-state index is 0.0274. The Bertz CT molecular complexity index is 676. The molecule has 23 heavy (non-hydrogen) atoms. The second-order valence-corrected chi connectivity index (χ2v) is 7.75. The van der Waals surface area contributed by atoms with Gasteiger partial charge in [-0.1, -0.05) is 13.3 Å². The van der Waals surface area contributed by atoms with Gasteiger partial charge in [-0.2, -0.15) is 4.31 Å². The van der Waals surface area contributed by atoms with E-state index in [0.29, 0.717) is 6.42 Å². The van der Waals surface area contributed by atoms with Crippen LogP contribution in [0, 0.1) is 11.2 Å². The summed E-state index contributed by atoms with van der Waals surface area (Å²) >= 11 is 0. The molecule has 2 rings (SSSR count). The SMILES string of the molecule is CCC[C@]1(C(=O)O)CN(S(=O)(=O)c2ccc(F)cc2)CC[C@H]1O. The summed E-state index contributed by atoms with van der Waals surface area (Å²) in [5, 5.41) is 19.7. The van der Waals surface area contributed by atoms with Crippen LogP contribution in [-0.2, 0) is 14.8 Å². The molecule has 6 nitrogen and oxygen atoms in total. The molecular weight excluding hydrogens is 325 g/mol. The summed E-state index contributed by atoms with van der Waals surface area (Å²) in [6, 6.07) is 4.39. The maximum Gasteiger partial charge on any atom is 0.313 e. The van der Waals surface area contributed by atoms with E-state index in [1.807, 2.05) is 0 Å². The van der Waals surface area contributed by atoms with Crippen LogP contribution < -0.4 is 0 Å². The molecule has 0 aromatic heterocycles. The molecule has 1 aromatic carbocycles. The van der Waals surface area contributed by atoms with Crippen LogP contribution in [0.2, 0.25) is 0 Å². The number of nitrogens with zero attached hydrogens (tertiary/aromatic N) is 1. The van der Waals surface area contributed by atoms with Gasteiger partial charge in [0.1, 0.15) is 11.2 Å². The number of halogens is 1. The molecule has 128 valence electrons. The van der Waals surface area contributed by atoms with Gasteiger partial charge in [0.25, 0.3) is 0 Å². The van der Waals surface area contributed by atoms with Crippen molar-refractivity contribution in [3.8, 4) is 0 Å². The lowest BCUT2D eigenvalue weighted by Gasteiger charge is -2.42. The van der Waals surface area contributed by atoms with Gasteiger partial charge in [0.2, 0.25) is 10.0 Å². The van der Waals surface area contributed by atoms with E-state index in [2.05, 4.69) is 0 Å². The first-order valence-corrected chi connectivity index (χ1v) is 8.85. The first-order valence-electron chi connectivity index (χ1n) is 7.41. The third kappa shape index (κ3) is 3.24. The molecule has 0 spiro atoms. The molecule has 0 aliphatic carbocycles. The molecule has 0 saturated carbocycles. The number of rotatable bonds is 5. The van der Waals surface area contributed by atoms with E-state index in [4.69, 9.17) is 0 Å². The van der Waals surface area contributed by atoms with Crippen molar-refractivity contribution in [2.45, 2.75) is 37.2 Å². The van der Waals surface area contributed by atoms with Gasteiger partial charge in [-0.3, -0.25) is 4.79 Å². The molecule has 1 aromatic rings. The molecule has 1 aliphatic rings. The number of hydrogen-bond acceptors (Lipinski definition) is 4. The average molecular weight is 345 g/mol. The Kier molecular flexibility index (Phi) is 5.07. The maximum atomic E-state index is 13.0.